The zero-order chi connectivity index (χ0) is 35.0. The molecule has 3 aliphatic heterocycles. The normalized spacial score (nSPS) is 24.2. The van der Waals surface area contributed by atoms with E-state index in [0.29, 0.717) is 93.2 Å². The van der Waals surface area contributed by atoms with Crippen molar-refractivity contribution in [1.29, 1.82) is 0 Å². The van der Waals surface area contributed by atoms with E-state index in [1.165, 1.54) is 0 Å². The molecule has 4 fully saturated rings. The minimum Gasteiger partial charge on any atom is -0.491 e. The summed E-state index contributed by atoms with van der Waals surface area (Å²) >= 11 is 0. The number of anilines is 3. The van der Waals surface area contributed by atoms with E-state index < -0.39 is 18.1 Å². The summed E-state index contributed by atoms with van der Waals surface area (Å²) in [7, 11) is 0. The van der Waals surface area contributed by atoms with E-state index in [1.54, 1.807) is 72.8 Å². The molecule has 3 atom stereocenters. The van der Waals surface area contributed by atoms with Gasteiger partial charge in [0.1, 0.15) is 55.4 Å². The molecule has 0 spiro atoms. The quantitative estimate of drug-likeness (QED) is 0.127. The van der Waals surface area contributed by atoms with Crippen molar-refractivity contribution < 1.29 is 42.8 Å². The van der Waals surface area contributed by atoms with Crippen LogP contribution in [0.2, 0.25) is 0 Å². The van der Waals surface area contributed by atoms with Crippen LogP contribution in [0.25, 0.3) is 0 Å². The Hall–Kier alpha value is -5.25. The highest BCUT2D eigenvalue weighted by molar-refractivity contribution is 5.91. The molecule has 6 amide bonds. The Morgan fingerprint density at radius 1 is 0.471 bits per heavy atom. The lowest BCUT2D eigenvalue weighted by molar-refractivity contribution is 0.217. The van der Waals surface area contributed by atoms with Gasteiger partial charge in [-0.25, -0.2) is 14.4 Å². The number of nitrogens with one attached hydrogen (secondary N) is 6. The summed E-state index contributed by atoms with van der Waals surface area (Å²) in [5.41, 5.74) is 1.78. The van der Waals surface area contributed by atoms with E-state index in [0.717, 1.165) is 0 Å². The second-order valence-corrected chi connectivity index (χ2v) is 13.0. The molecule has 3 aromatic carbocycles. The van der Waals surface area contributed by atoms with Crippen LogP contribution >= 0.6 is 0 Å². The number of amides is 6. The average molecular weight is 703 g/mol. The molecule has 0 bridgehead atoms. The van der Waals surface area contributed by atoms with Crippen molar-refractivity contribution in [2.45, 2.75) is 55.7 Å². The summed E-state index contributed by atoms with van der Waals surface area (Å²) in [6.45, 7) is 3.61. The van der Waals surface area contributed by atoms with Crippen molar-refractivity contribution >= 4 is 35.2 Å². The number of carbonyl (C=O) groups excluding carboxylic acids is 3. The maximum atomic E-state index is 13.1. The summed E-state index contributed by atoms with van der Waals surface area (Å²) in [5.74, 6) is 2.05. The predicted molar refractivity (Wildman–Crippen MR) is 187 cm³/mol. The van der Waals surface area contributed by atoms with Gasteiger partial charge in [0.15, 0.2) is 0 Å². The number of hydrogen-bond acceptors (Lipinski definition) is 9. The molecule has 3 heterocycles. The van der Waals surface area contributed by atoms with Crippen LogP contribution < -0.4 is 46.1 Å². The van der Waals surface area contributed by atoms with Gasteiger partial charge in [-0.05, 0) is 92.1 Å². The number of ether oxygens (including phenoxy) is 6. The van der Waals surface area contributed by atoms with Crippen molar-refractivity contribution in [3.8, 4) is 17.2 Å². The van der Waals surface area contributed by atoms with E-state index >= 15 is 0 Å². The van der Waals surface area contributed by atoms with Crippen LogP contribution in [0.3, 0.4) is 0 Å². The first-order valence-electron chi connectivity index (χ1n) is 17.1. The Labute approximate surface area is 295 Å². The van der Waals surface area contributed by atoms with Crippen molar-refractivity contribution in [1.82, 2.24) is 16.0 Å². The largest absolute Gasteiger partial charge is 0.491 e. The zero-order valence-electron chi connectivity index (χ0n) is 27.9. The average Bonchev–Trinajstić information content (AvgIpc) is 3.96. The molecule has 270 valence electrons. The SMILES string of the molecule is O=C(Nc1ccc(OCC2CO2)cc1)NC1CC(NC(=O)Nc2ccc(OCC3CO3)cc2)CC(NC(=O)Nc2ccc(OCC3CO3)cc2)C1. The highest BCUT2D eigenvalue weighted by Crippen LogP contribution is 2.23. The molecule has 1 saturated carbocycles. The number of urea groups is 3. The van der Waals surface area contributed by atoms with E-state index in [1.807, 2.05) is 0 Å². The van der Waals surface area contributed by atoms with E-state index in [-0.39, 0.29) is 36.4 Å². The first-order chi connectivity index (χ1) is 24.9. The molecular weight excluding hydrogens is 660 g/mol. The molecule has 15 nitrogen and oxygen atoms in total. The van der Waals surface area contributed by atoms with Gasteiger partial charge in [-0.1, -0.05) is 0 Å². The number of rotatable bonds is 15. The monoisotopic (exact) mass is 702 g/mol. The van der Waals surface area contributed by atoms with Crippen molar-refractivity contribution in [2.75, 3.05) is 55.6 Å². The molecule has 51 heavy (non-hydrogen) atoms. The van der Waals surface area contributed by atoms with Gasteiger partial charge in [0.25, 0.3) is 0 Å². The number of benzene rings is 3. The Morgan fingerprint density at radius 2 is 0.725 bits per heavy atom. The highest BCUT2D eigenvalue weighted by atomic mass is 16.6. The van der Waals surface area contributed by atoms with Gasteiger partial charge >= 0.3 is 18.1 Å². The molecule has 0 aromatic heterocycles. The minimum atomic E-state index is -0.403. The molecule has 3 unspecified atom stereocenters. The first-order valence-corrected chi connectivity index (χ1v) is 17.1. The Morgan fingerprint density at radius 3 is 0.961 bits per heavy atom. The van der Waals surface area contributed by atoms with E-state index in [2.05, 4.69) is 31.9 Å². The lowest BCUT2D eigenvalue weighted by atomic mass is 9.87. The second-order valence-electron chi connectivity index (χ2n) is 13.0. The fourth-order valence-electron chi connectivity index (χ4n) is 5.69. The fourth-order valence-corrected chi connectivity index (χ4v) is 5.69. The molecule has 6 N–H and O–H groups in total. The van der Waals surface area contributed by atoms with Crippen LogP contribution in [0.4, 0.5) is 31.4 Å². The van der Waals surface area contributed by atoms with Gasteiger partial charge in [0.05, 0.1) is 19.8 Å². The van der Waals surface area contributed by atoms with Gasteiger partial charge in [0.2, 0.25) is 0 Å². The third kappa shape index (κ3) is 11.4. The predicted octanol–water partition coefficient (Wildman–Crippen LogP) is 4.07. The fraction of sp³-hybridized carbons (Fsp3) is 0.417. The highest BCUT2D eigenvalue weighted by Gasteiger charge is 2.32. The number of carbonyl (C=O) groups is 3. The van der Waals surface area contributed by atoms with Gasteiger partial charge < -0.3 is 60.3 Å². The minimum absolute atomic E-state index is 0.149. The van der Waals surface area contributed by atoms with Gasteiger partial charge in [-0.3, -0.25) is 0 Å². The summed E-state index contributed by atoms with van der Waals surface area (Å²) in [6.07, 6.45) is 1.82. The third-order valence-electron chi connectivity index (χ3n) is 8.56. The van der Waals surface area contributed by atoms with Crippen LogP contribution in [-0.2, 0) is 14.2 Å². The maximum Gasteiger partial charge on any atom is 0.319 e. The van der Waals surface area contributed by atoms with Crippen LogP contribution in [0.15, 0.2) is 72.8 Å². The summed E-state index contributed by atoms with van der Waals surface area (Å²) in [5, 5.41) is 17.6. The molecule has 4 aliphatic rings. The molecule has 0 radical (unpaired) electrons. The van der Waals surface area contributed by atoms with Crippen LogP contribution in [0.5, 0.6) is 17.2 Å². The molecule has 3 aromatic rings. The van der Waals surface area contributed by atoms with Crippen LogP contribution in [0.1, 0.15) is 19.3 Å². The van der Waals surface area contributed by atoms with Gasteiger partial charge in [-0.15, -0.1) is 0 Å². The van der Waals surface area contributed by atoms with Gasteiger partial charge in [-0.2, -0.15) is 0 Å². The lowest BCUT2D eigenvalue weighted by Gasteiger charge is -2.36. The Kier molecular flexibility index (Phi) is 10.9. The molecule has 7 rings (SSSR count). The Bertz CT molecular complexity index is 1430. The van der Waals surface area contributed by atoms with Crippen LogP contribution in [0, 0.1) is 0 Å². The number of hydrogen-bond donors (Lipinski definition) is 6. The van der Waals surface area contributed by atoms with Crippen molar-refractivity contribution in [3.63, 3.8) is 0 Å². The van der Waals surface area contributed by atoms with Crippen molar-refractivity contribution in [3.05, 3.63) is 72.8 Å². The molecule has 3 saturated heterocycles. The Balaban J connectivity index is 0.927. The zero-order valence-corrected chi connectivity index (χ0v) is 27.9. The maximum absolute atomic E-state index is 13.1. The topological polar surface area (TPSA) is 189 Å². The molecule has 15 heteroatoms. The smallest absolute Gasteiger partial charge is 0.319 e. The summed E-state index contributed by atoms with van der Waals surface area (Å²) < 4.78 is 32.5. The van der Waals surface area contributed by atoms with E-state index in [9.17, 15) is 14.4 Å². The summed E-state index contributed by atoms with van der Waals surface area (Å²) in [4.78, 5) is 39.2. The van der Waals surface area contributed by atoms with Crippen LogP contribution in [-0.4, -0.2) is 94.2 Å². The van der Waals surface area contributed by atoms with Crippen molar-refractivity contribution in [2.24, 2.45) is 0 Å². The molecule has 1 aliphatic carbocycles. The lowest BCUT2D eigenvalue weighted by Crippen LogP contribution is -2.55. The molecular formula is C36H42N6O9. The standard InChI is InChI=1S/C36H42N6O9/c43-34(37-22-1-7-28(8-2-22)46-16-31-19-49-31)40-25-13-26(41-35(44)38-23-3-9-29(10-4-23)47-17-32-20-50-32)15-27(14-25)42-36(45)39-24-5-11-30(12-6-24)48-18-33-21-51-33/h1-12,25-27,31-33H,13-21H2,(H2,37,40,43)(H2,38,41,44)(H2,39,42,45). The second kappa shape index (κ2) is 16.2. The first kappa shape index (κ1) is 34.2. The van der Waals surface area contributed by atoms with Gasteiger partial charge in [0, 0.05) is 35.2 Å². The number of epoxide rings is 3. The summed E-state index contributed by atoms with van der Waals surface area (Å²) in [6, 6.07) is 19.0. The third-order valence-corrected chi connectivity index (χ3v) is 8.56. The van der Waals surface area contributed by atoms with E-state index in [4.69, 9.17) is 28.4 Å².